The fraction of sp³-hybridized carbons (Fsp3) is 0.346. The molecule has 10 heteroatoms. The Labute approximate surface area is 208 Å². The molecule has 2 atom stereocenters. The minimum atomic E-state index is -0.297. The number of hydrogen-bond acceptors (Lipinski definition) is 6. The van der Waals surface area contributed by atoms with Gasteiger partial charge in [0.05, 0.1) is 47.3 Å². The lowest BCUT2D eigenvalue weighted by atomic mass is 9.92. The number of pyridine rings is 2. The van der Waals surface area contributed by atoms with Crippen molar-refractivity contribution in [2.75, 3.05) is 23.7 Å². The van der Waals surface area contributed by atoms with Crippen molar-refractivity contribution in [2.45, 2.75) is 32.2 Å². The molecule has 5 heterocycles. The van der Waals surface area contributed by atoms with Crippen molar-refractivity contribution in [3.05, 3.63) is 54.2 Å². The van der Waals surface area contributed by atoms with Crippen LogP contribution in [0.25, 0.3) is 22.3 Å². The molecule has 0 radical (unpaired) electrons. The highest BCUT2D eigenvalue weighted by molar-refractivity contribution is 6.06. The van der Waals surface area contributed by atoms with E-state index in [-0.39, 0.29) is 11.8 Å². The van der Waals surface area contributed by atoms with Crippen molar-refractivity contribution in [2.24, 2.45) is 13.0 Å². The highest BCUT2D eigenvalue weighted by atomic mass is 16.2. The third kappa shape index (κ3) is 4.24. The lowest BCUT2D eigenvalue weighted by Crippen LogP contribution is -2.55. The summed E-state index contributed by atoms with van der Waals surface area (Å²) in [7, 11) is 1.86. The van der Waals surface area contributed by atoms with Crippen molar-refractivity contribution >= 4 is 34.2 Å². The van der Waals surface area contributed by atoms with Gasteiger partial charge in [0.2, 0.25) is 5.91 Å². The van der Waals surface area contributed by atoms with Crippen molar-refractivity contribution in [1.82, 2.24) is 29.6 Å². The molecule has 184 valence electrons. The molecule has 2 amide bonds. The number of carbonyl (C=O) groups excluding carboxylic acids is 2. The summed E-state index contributed by atoms with van der Waals surface area (Å²) < 4.78 is 1.73. The second-order valence-corrected chi connectivity index (χ2v) is 9.79. The molecule has 6 rings (SSSR count). The number of aromatic amines is 1. The molecule has 10 nitrogen and oxygen atoms in total. The Morgan fingerprint density at radius 3 is 2.81 bits per heavy atom. The van der Waals surface area contributed by atoms with Crippen LogP contribution in [0.3, 0.4) is 0 Å². The molecule has 0 bridgehead atoms. The van der Waals surface area contributed by atoms with Crippen LogP contribution in [0.5, 0.6) is 0 Å². The molecule has 2 unspecified atom stereocenters. The van der Waals surface area contributed by atoms with E-state index in [0.29, 0.717) is 40.9 Å². The third-order valence-electron chi connectivity index (χ3n) is 7.27. The van der Waals surface area contributed by atoms with Crippen molar-refractivity contribution < 1.29 is 9.59 Å². The molecular weight excluding hydrogens is 456 g/mol. The Bertz CT molecular complexity index is 1470. The van der Waals surface area contributed by atoms with Gasteiger partial charge in [0.25, 0.3) is 5.91 Å². The number of fused-ring (bicyclic) bond motifs is 2. The second kappa shape index (κ2) is 8.87. The Balaban J connectivity index is 1.14. The van der Waals surface area contributed by atoms with Gasteiger partial charge in [-0.25, -0.2) is 4.98 Å². The molecule has 1 saturated carbocycles. The lowest BCUT2D eigenvalue weighted by Gasteiger charge is -2.44. The van der Waals surface area contributed by atoms with E-state index in [2.05, 4.69) is 35.6 Å². The largest absolute Gasteiger partial charge is 0.339 e. The Hall–Kier alpha value is -4.05. The number of aryl methyl sites for hydroxylation is 2. The molecule has 2 fully saturated rings. The number of nitrogens with one attached hydrogen (secondary N) is 3. The number of nitrogens with zero attached hydrogens (tertiary/aromatic N) is 5. The summed E-state index contributed by atoms with van der Waals surface area (Å²) in [6, 6.07) is 6.06. The van der Waals surface area contributed by atoms with Crippen molar-refractivity contribution in [3.63, 3.8) is 0 Å². The molecule has 1 aliphatic heterocycles. The van der Waals surface area contributed by atoms with Gasteiger partial charge < -0.3 is 15.6 Å². The van der Waals surface area contributed by atoms with Crippen LogP contribution in [-0.4, -0.2) is 60.6 Å². The summed E-state index contributed by atoms with van der Waals surface area (Å²) in [6.07, 6.45) is 10.6. The predicted molar refractivity (Wildman–Crippen MR) is 137 cm³/mol. The van der Waals surface area contributed by atoms with Gasteiger partial charge in [-0.1, -0.05) is 6.42 Å². The summed E-state index contributed by atoms with van der Waals surface area (Å²) in [6.45, 7) is 3.21. The van der Waals surface area contributed by atoms with E-state index in [4.69, 9.17) is 0 Å². The molecular formula is C26H28N8O2. The van der Waals surface area contributed by atoms with Crippen LogP contribution in [0.4, 0.5) is 11.4 Å². The highest BCUT2D eigenvalue weighted by Gasteiger charge is 2.42. The zero-order chi connectivity index (χ0) is 24.8. The number of carbonyl (C=O) groups is 2. The topological polar surface area (TPSA) is 121 Å². The zero-order valence-electron chi connectivity index (χ0n) is 20.3. The molecule has 2 aliphatic rings. The van der Waals surface area contributed by atoms with Gasteiger partial charge in [-0.05, 0) is 43.9 Å². The maximum atomic E-state index is 13.0. The minimum absolute atomic E-state index is 0.0604. The van der Waals surface area contributed by atoms with E-state index in [1.165, 1.54) is 19.3 Å². The highest BCUT2D eigenvalue weighted by Crippen LogP contribution is 2.38. The van der Waals surface area contributed by atoms with Gasteiger partial charge in [-0.2, -0.15) is 5.10 Å². The number of amides is 2. The Kier molecular flexibility index (Phi) is 5.52. The van der Waals surface area contributed by atoms with Crippen LogP contribution in [-0.2, 0) is 11.8 Å². The van der Waals surface area contributed by atoms with Crippen molar-refractivity contribution in [1.29, 1.82) is 0 Å². The van der Waals surface area contributed by atoms with Crippen LogP contribution in [0.1, 0.15) is 35.3 Å². The summed E-state index contributed by atoms with van der Waals surface area (Å²) in [5.74, 6) is 0.409. The molecule has 36 heavy (non-hydrogen) atoms. The molecule has 0 aromatic carbocycles. The van der Waals surface area contributed by atoms with E-state index >= 15 is 0 Å². The smallest absolute Gasteiger partial charge is 0.257 e. The predicted octanol–water partition coefficient (Wildman–Crippen LogP) is 3.34. The summed E-state index contributed by atoms with van der Waals surface area (Å²) in [4.78, 5) is 39.9. The van der Waals surface area contributed by atoms with Gasteiger partial charge in [-0.15, -0.1) is 0 Å². The average molecular weight is 485 g/mol. The van der Waals surface area contributed by atoms with Crippen LogP contribution in [0.15, 0.2) is 43.0 Å². The summed E-state index contributed by atoms with van der Waals surface area (Å²) in [5, 5.41) is 10.9. The maximum Gasteiger partial charge on any atom is 0.257 e. The first-order valence-electron chi connectivity index (χ1n) is 12.2. The quantitative estimate of drug-likeness (QED) is 0.386. The minimum Gasteiger partial charge on any atom is -0.339 e. The Morgan fingerprint density at radius 1 is 1.11 bits per heavy atom. The van der Waals surface area contributed by atoms with Crippen molar-refractivity contribution in [3.8, 4) is 11.3 Å². The number of rotatable bonds is 6. The maximum absolute atomic E-state index is 13.0. The number of aromatic nitrogens is 5. The first kappa shape index (κ1) is 22.4. The zero-order valence-corrected chi connectivity index (χ0v) is 20.3. The van der Waals surface area contributed by atoms with Gasteiger partial charge in [0, 0.05) is 43.0 Å². The monoisotopic (exact) mass is 484 g/mol. The number of hydrogen-bond donors (Lipinski definition) is 3. The molecule has 1 aliphatic carbocycles. The van der Waals surface area contributed by atoms with E-state index in [0.717, 1.165) is 29.1 Å². The van der Waals surface area contributed by atoms with Gasteiger partial charge in [0.1, 0.15) is 5.65 Å². The van der Waals surface area contributed by atoms with E-state index in [1.54, 1.807) is 35.4 Å². The first-order valence-corrected chi connectivity index (χ1v) is 12.2. The molecule has 0 spiro atoms. The summed E-state index contributed by atoms with van der Waals surface area (Å²) in [5.41, 5.74) is 4.71. The van der Waals surface area contributed by atoms with Gasteiger partial charge in [0.15, 0.2) is 0 Å². The lowest BCUT2D eigenvalue weighted by molar-refractivity contribution is -0.120. The molecule has 4 aromatic heterocycles. The second-order valence-electron chi connectivity index (χ2n) is 9.79. The SMILES string of the molecule is Cc1ncc(NC(=O)CN2CC3CCCC32)cc1NC(=O)c1cnc2[nH]c(-c3cnn(C)c3)cc2c1. The molecule has 3 N–H and O–H groups in total. The number of likely N-dealkylation sites (tertiary alicyclic amines) is 1. The van der Waals surface area contributed by atoms with Gasteiger partial charge >= 0.3 is 0 Å². The van der Waals surface area contributed by atoms with Crippen LogP contribution in [0.2, 0.25) is 0 Å². The van der Waals surface area contributed by atoms with E-state index in [1.807, 2.05) is 26.2 Å². The van der Waals surface area contributed by atoms with Crippen LogP contribution < -0.4 is 10.6 Å². The summed E-state index contributed by atoms with van der Waals surface area (Å²) >= 11 is 0. The molecule has 4 aromatic rings. The van der Waals surface area contributed by atoms with E-state index in [9.17, 15) is 9.59 Å². The third-order valence-corrected chi connectivity index (χ3v) is 7.27. The normalized spacial score (nSPS) is 19.2. The van der Waals surface area contributed by atoms with Crippen LogP contribution >= 0.6 is 0 Å². The fourth-order valence-corrected chi connectivity index (χ4v) is 5.35. The Morgan fingerprint density at radius 2 is 2.00 bits per heavy atom. The van der Waals surface area contributed by atoms with Crippen LogP contribution in [0, 0.1) is 12.8 Å². The number of H-pyrrole nitrogens is 1. The first-order chi connectivity index (χ1) is 17.4. The average Bonchev–Trinajstić information content (AvgIpc) is 3.57. The van der Waals surface area contributed by atoms with Gasteiger partial charge in [-0.3, -0.25) is 24.2 Å². The van der Waals surface area contributed by atoms with E-state index < -0.39 is 0 Å². The number of anilines is 2. The fourth-order valence-electron chi connectivity index (χ4n) is 5.35. The standard InChI is InChI=1S/C26H28N8O2/c1-15-21(8-20(11-27-15)30-24(35)14-34-13-16-4-3-5-23(16)34)32-26(36)18-6-17-7-22(31-25(17)28-9-18)19-10-29-33(2)12-19/h6-12,16,23H,3-5,13-14H2,1-2H3,(H,28,31)(H,30,35)(H,32,36). The molecule has 1 saturated heterocycles.